The van der Waals surface area contributed by atoms with E-state index in [0.717, 1.165) is 4.90 Å². The predicted molar refractivity (Wildman–Crippen MR) is 84.6 cm³/mol. The van der Waals surface area contributed by atoms with Crippen LogP contribution in [0.25, 0.3) is 0 Å². The van der Waals surface area contributed by atoms with Gasteiger partial charge in [0.25, 0.3) is 5.91 Å². The Kier molecular flexibility index (Phi) is 2.53. The second-order valence-corrected chi connectivity index (χ2v) is 5.10. The van der Waals surface area contributed by atoms with E-state index >= 15 is 0 Å². The van der Waals surface area contributed by atoms with E-state index in [1.807, 2.05) is 12.1 Å². The fraction of sp³-hybridized carbons (Fsp3) is 0.0625. The highest BCUT2D eigenvalue weighted by molar-refractivity contribution is 6.34. The zero-order chi connectivity index (χ0) is 15.3. The number of nitrogen functional groups attached to an aromatic ring is 1. The molecule has 2 N–H and O–H groups in total. The van der Waals surface area contributed by atoms with E-state index in [-0.39, 0.29) is 5.91 Å². The fourth-order valence-corrected chi connectivity index (χ4v) is 2.79. The van der Waals surface area contributed by atoms with Crippen LogP contribution < -0.4 is 15.5 Å². The summed E-state index contributed by atoms with van der Waals surface area (Å²) in [6, 6.07) is 12.9. The molecule has 4 rings (SSSR count). The molecule has 1 atom stereocenters. The molecule has 2 aromatic carbocycles. The largest absolute Gasteiger partial charge is 0.397 e. The first-order chi connectivity index (χ1) is 10.7. The van der Waals surface area contributed by atoms with E-state index in [0.29, 0.717) is 22.7 Å². The molecule has 0 radical (unpaired) electrons. The summed E-state index contributed by atoms with van der Waals surface area (Å²) in [6.45, 7) is 0. The monoisotopic (exact) mass is 292 g/mol. The van der Waals surface area contributed by atoms with Crippen LogP contribution in [0.2, 0.25) is 0 Å². The molecule has 1 fully saturated rings. The molecule has 1 unspecified atom stereocenters. The highest BCUT2D eigenvalue weighted by atomic mass is 16.2. The number of urea groups is 1. The maximum atomic E-state index is 12.8. The van der Waals surface area contributed by atoms with Crippen molar-refractivity contribution in [2.24, 2.45) is 4.99 Å². The maximum absolute atomic E-state index is 12.8. The highest BCUT2D eigenvalue weighted by Crippen LogP contribution is 2.39. The topological polar surface area (TPSA) is 79.0 Å². The molecule has 6 nitrogen and oxygen atoms in total. The van der Waals surface area contributed by atoms with Gasteiger partial charge < -0.3 is 5.73 Å². The Hall–Kier alpha value is -3.15. The van der Waals surface area contributed by atoms with Gasteiger partial charge in [-0.25, -0.2) is 9.69 Å². The van der Waals surface area contributed by atoms with Gasteiger partial charge in [0.15, 0.2) is 6.04 Å². The molecule has 1 saturated heterocycles. The molecular weight excluding hydrogens is 280 g/mol. The number of carbonyl (C=O) groups is 2. The molecule has 2 aliphatic heterocycles. The summed E-state index contributed by atoms with van der Waals surface area (Å²) >= 11 is 0. The van der Waals surface area contributed by atoms with Crippen molar-refractivity contribution >= 4 is 40.9 Å². The van der Waals surface area contributed by atoms with Gasteiger partial charge in [-0.15, -0.1) is 0 Å². The molecule has 0 saturated carbocycles. The van der Waals surface area contributed by atoms with Crippen LogP contribution in [0.3, 0.4) is 0 Å². The molecule has 3 amide bonds. The third-order valence-corrected chi connectivity index (χ3v) is 3.82. The summed E-state index contributed by atoms with van der Waals surface area (Å²) in [4.78, 5) is 32.3. The van der Waals surface area contributed by atoms with Gasteiger partial charge in [0.2, 0.25) is 0 Å². The van der Waals surface area contributed by atoms with Crippen LogP contribution in [-0.4, -0.2) is 24.2 Å². The van der Waals surface area contributed by atoms with E-state index in [9.17, 15) is 9.59 Å². The van der Waals surface area contributed by atoms with Crippen molar-refractivity contribution in [2.45, 2.75) is 6.04 Å². The number of rotatable bonds is 1. The quantitative estimate of drug-likeness (QED) is 0.647. The van der Waals surface area contributed by atoms with Crippen molar-refractivity contribution in [3.8, 4) is 0 Å². The van der Waals surface area contributed by atoms with Crippen LogP contribution in [0.15, 0.2) is 53.5 Å². The maximum Gasteiger partial charge on any atom is 0.337 e. The first kappa shape index (κ1) is 12.6. The van der Waals surface area contributed by atoms with Crippen molar-refractivity contribution in [1.29, 1.82) is 0 Å². The first-order valence-electron chi connectivity index (χ1n) is 6.83. The Labute approximate surface area is 126 Å². The van der Waals surface area contributed by atoms with Crippen molar-refractivity contribution in [2.75, 3.05) is 15.5 Å². The number of nitrogens with zero attached hydrogens (tertiary/aromatic N) is 3. The number of hydrogen-bond donors (Lipinski definition) is 1. The Morgan fingerprint density at radius 1 is 0.955 bits per heavy atom. The van der Waals surface area contributed by atoms with E-state index in [1.54, 1.807) is 36.4 Å². The summed E-state index contributed by atoms with van der Waals surface area (Å²) in [6.07, 6.45) is 1.50. The van der Waals surface area contributed by atoms with E-state index in [1.165, 1.54) is 11.1 Å². The minimum Gasteiger partial charge on any atom is -0.397 e. The number of amides is 3. The third-order valence-electron chi connectivity index (χ3n) is 3.82. The standard InChI is InChI=1S/C16H12N4O2/c17-10-5-1-3-7-12(10)20-15(21)14-9-18-11-6-2-4-8-13(11)19(14)16(20)22/h1-9,14H,17H2. The Morgan fingerprint density at radius 3 is 2.41 bits per heavy atom. The fourth-order valence-electron chi connectivity index (χ4n) is 2.79. The van der Waals surface area contributed by atoms with Gasteiger partial charge in [0.1, 0.15) is 0 Å². The Balaban J connectivity index is 1.85. The number of imide groups is 1. The molecule has 22 heavy (non-hydrogen) atoms. The van der Waals surface area contributed by atoms with Crippen LogP contribution in [-0.2, 0) is 4.79 Å². The van der Waals surface area contributed by atoms with E-state index in [4.69, 9.17) is 5.73 Å². The lowest BCUT2D eigenvalue weighted by Gasteiger charge is -2.24. The number of para-hydroxylation sites is 4. The molecule has 0 aromatic heterocycles. The third kappa shape index (κ3) is 1.57. The number of aliphatic imine (C=N–C) groups is 1. The van der Waals surface area contributed by atoms with Gasteiger partial charge in [-0.05, 0) is 24.3 Å². The summed E-state index contributed by atoms with van der Waals surface area (Å²) in [5.74, 6) is -0.346. The van der Waals surface area contributed by atoms with E-state index in [2.05, 4.69) is 4.99 Å². The van der Waals surface area contributed by atoms with Crippen molar-refractivity contribution < 1.29 is 9.59 Å². The second-order valence-electron chi connectivity index (χ2n) is 5.10. The van der Waals surface area contributed by atoms with Crippen molar-refractivity contribution in [1.82, 2.24) is 0 Å². The lowest BCUT2D eigenvalue weighted by atomic mass is 10.1. The second kappa shape index (κ2) is 4.42. The molecule has 6 heteroatoms. The molecular formula is C16H12N4O2. The smallest absolute Gasteiger partial charge is 0.337 e. The van der Waals surface area contributed by atoms with Crippen LogP contribution in [0.5, 0.6) is 0 Å². The summed E-state index contributed by atoms with van der Waals surface area (Å²) in [5, 5.41) is 0. The number of fused-ring (bicyclic) bond motifs is 3. The molecule has 2 aliphatic rings. The minimum absolute atomic E-state index is 0.346. The summed E-state index contributed by atoms with van der Waals surface area (Å²) in [5.41, 5.74) is 7.99. The van der Waals surface area contributed by atoms with Gasteiger partial charge in [-0.2, -0.15) is 0 Å². The zero-order valence-corrected chi connectivity index (χ0v) is 11.5. The Bertz CT molecular complexity index is 830. The number of anilines is 3. The highest BCUT2D eigenvalue weighted by Gasteiger charge is 2.48. The van der Waals surface area contributed by atoms with Crippen LogP contribution >= 0.6 is 0 Å². The molecule has 2 heterocycles. The van der Waals surface area contributed by atoms with Crippen LogP contribution in [0, 0.1) is 0 Å². The van der Waals surface area contributed by atoms with Gasteiger partial charge in [0.05, 0.1) is 22.7 Å². The Morgan fingerprint density at radius 2 is 1.64 bits per heavy atom. The average Bonchev–Trinajstić information content (AvgIpc) is 2.80. The van der Waals surface area contributed by atoms with Crippen molar-refractivity contribution in [3.63, 3.8) is 0 Å². The zero-order valence-electron chi connectivity index (χ0n) is 11.5. The number of nitrogens with two attached hydrogens (primary N) is 1. The lowest BCUT2D eigenvalue weighted by Crippen LogP contribution is -2.38. The molecule has 0 bridgehead atoms. The van der Waals surface area contributed by atoms with Crippen LogP contribution in [0.4, 0.5) is 27.5 Å². The molecule has 0 aliphatic carbocycles. The normalized spacial score (nSPS) is 19.4. The van der Waals surface area contributed by atoms with Gasteiger partial charge in [0, 0.05) is 6.21 Å². The number of hydrogen-bond acceptors (Lipinski definition) is 4. The minimum atomic E-state index is -0.720. The number of benzene rings is 2. The lowest BCUT2D eigenvalue weighted by molar-refractivity contribution is -0.116. The van der Waals surface area contributed by atoms with Crippen molar-refractivity contribution in [3.05, 3.63) is 48.5 Å². The van der Waals surface area contributed by atoms with Crippen LogP contribution in [0.1, 0.15) is 0 Å². The molecule has 108 valence electrons. The average molecular weight is 292 g/mol. The van der Waals surface area contributed by atoms with Gasteiger partial charge in [-0.1, -0.05) is 24.3 Å². The first-order valence-corrected chi connectivity index (χ1v) is 6.83. The SMILES string of the molecule is Nc1ccccc1N1C(=O)C2C=Nc3ccccc3N2C1=O. The number of carbonyl (C=O) groups excluding carboxylic acids is 2. The molecule has 2 aromatic rings. The summed E-state index contributed by atoms with van der Waals surface area (Å²) in [7, 11) is 0. The van der Waals surface area contributed by atoms with E-state index < -0.39 is 12.1 Å². The van der Waals surface area contributed by atoms with Gasteiger partial charge >= 0.3 is 6.03 Å². The summed E-state index contributed by atoms with van der Waals surface area (Å²) < 4.78 is 0. The molecule has 0 spiro atoms. The van der Waals surface area contributed by atoms with Gasteiger partial charge in [-0.3, -0.25) is 14.7 Å². The predicted octanol–water partition coefficient (Wildman–Crippen LogP) is 2.33.